The average Bonchev–Trinajstić information content (AvgIpc) is 2.91. The van der Waals surface area contributed by atoms with E-state index < -0.39 is 0 Å². The van der Waals surface area contributed by atoms with E-state index in [1.807, 2.05) is 24.3 Å². The second kappa shape index (κ2) is 12.0. The molecule has 10 heteroatoms. The maximum absolute atomic E-state index is 13.3. The Bertz CT molecular complexity index is 1320. The van der Waals surface area contributed by atoms with Crippen molar-refractivity contribution in [1.29, 1.82) is 5.53 Å². The maximum Gasteiger partial charge on any atom is 0.326 e. The SMILES string of the molecule is N=NCCNC1CCN(Cc2cc(-c3ccccc3Cl)c3c(c2)N(c2c(Cl)cccc2Cl)C(=O)NC3)CC1. The largest absolute Gasteiger partial charge is 0.333 e. The summed E-state index contributed by atoms with van der Waals surface area (Å²) in [6, 6.07) is 17.4. The van der Waals surface area contributed by atoms with Gasteiger partial charge in [0.2, 0.25) is 0 Å². The summed E-state index contributed by atoms with van der Waals surface area (Å²) in [6.45, 7) is 4.27. The highest BCUT2D eigenvalue weighted by atomic mass is 35.5. The second-order valence-electron chi connectivity index (χ2n) is 9.57. The molecule has 2 amide bonds. The molecule has 1 saturated heterocycles. The zero-order valence-electron chi connectivity index (χ0n) is 20.8. The number of amides is 2. The van der Waals surface area contributed by atoms with Gasteiger partial charge in [-0.25, -0.2) is 10.3 Å². The van der Waals surface area contributed by atoms with Gasteiger partial charge in [-0.05, 0) is 67.4 Å². The van der Waals surface area contributed by atoms with Crippen LogP contribution in [0.1, 0.15) is 24.0 Å². The van der Waals surface area contributed by atoms with Crippen LogP contribution in [-0.4, -0.2) is 43.2 Å². The van der Waals surface area contributed by atoms with Crippen LogP contribution < -0.4 is 15.5 Å². The number of hydrogen-bond acceptors (Lipinski definition) is 5. The molecule has 0 bridgehead atoms. The molecule has 3 N–H and O–H groups in total. The molecule has 0 saturated carbocycles. The molecule has 198 valence electrons. The van der Waals surface area contributed by atoms with Gasteiger partial charge in [-0.15, -0.1) is 0 Å². The third kappa shape index (κ3) is 5.67. The van der Waals surface area contributed by atoms with Crippen molar-refractivity contribution < 1.29 is 4.79 Å². The molecule has 0 aromatic heterocycles. The molecule has 0 atom stereocenters. The Morgan fingerprint density at radius 1 is 0.974 bits per heavy atom. The van der Waals surface area contributed by atoms with Crippen molar-refractivity contribution in [3.8, 4) is 11.1 Å². The van der Waals surface area contributed by atoms with Crippen LogP contribution in [0.2, 0.25) is 15.1 Å². The van der Waals surface area contributed by atoms with Gasteiger partial charge in [0.1, 0.15) is 0 Å². The standard InChI is InChI=1S/C28H29Cl3N6O/c29-23-5-2-1-4-20(23)21-14-18(17-36-12-8-19(9-13-36)33-10-11-35-32)15-26-22(21)16-34-28(38)37(26)27-24(30)6-3-7-25(27)31/h1-7,14-15,19,32-33H,8-13,16-17H2,(H,34,38). The number of fused-ring (bicyclic) bond motifs is 1. The molecule has 0 spiro atoms. The Morgan fingerprint density at radius 2 is 1.68 bits per heavy atom. The first-order valence-corrected chi connectivity index (χ1v) is 13.8. The third-order valence-electron chi connectivity index (χ3n) is 7.12. The summed E-state index contributed by atoms with van der Waals surface area (Å²) in [5, 5.41) is 11.4. The van der Waals surface area contributed by atoms with E-state index in [0.29, 0.717) is 39.9 Å². The maximum atomic E-state index is 13.3. The molecule has 3 aromatic carbocycles. The Morgan fingerprint density at radius 3 is 2.39 bits per heavy atom. The Kier molecular flexibility index (Phi) is 8.51. The summed E-state index contributed by atoms with van der Waals surface area (Å²) < 4.78 is 0. The van der Waals surface area contributed by atoms with Crippen molar-refractivity contribution in [2.75, 3.05) is 31.1 Å². The van der Waals surface area contributed by atoms with E-state index in [1.54, 1.807) is 23.1 Å². The van der Waals surface area contributed by atoms with Crippen LogP contribution in [-0.2, 0) is 13.1 Å². The van der Waals surface area contributed by atoms with Crippen molar-refractivity contribution in [3.63, 3.8) is 0 Å². The van der Waals surface area contributed by atoms with E-state index in [2.05, 4.69) is 32.8 Å². The fourth-order valence-electron chi connectivity index (χ4n) is 5.27. The van der Waals surface area contributed by atoms with Crippen LogP contribution in [0.25, 0.3) is 11.1 Å². The molecule has 2 aliphatic rings. The number of piperidine rings is 1. The zero-order valence-corrected chi connectivity index (χ0v) is 23.1. The fourth-order valence-corrected chi connectivity index (χ4v) is 6.07. The number of rotatable bonds is 8. The lowest BCUT2D eigenvalue weighted by atomic mass is 9.93. The Labute approximate surface area is 237 Å². The first kappa shape index (κ1) is 26.9. The second-order valence-corrected chi connectivity index (χ2v) is 10.8. The van der Waals surface area contributed by atoms with Crippen LogP contribution in [0.5, 0.6) is 0 Å². The Balaban J connectivity index is 1.52. The Hall–Kier alpha value is -2.68. The van der Waals surface area contributed by atoms with Gasteiger partial charge in [0.25, 0.3) is 0 Å². The van der Waals surface area contributed by atoms with Gasteiger partial charge in [0.05, 0.1) is 28.0 Å². The van der Waals surface area contributed by atoms with Gasteiger partial charge in [-0.2, -0.15) is 5.11 Å². The lowest BCUT2D eigenvalue weighted by Crippen LogP contribution is -2.43. The van der Waals surface area contributed by atoms with E-state index >= 15 is 0 Å². The highest BCUT2D eigenvalue weighted by Gasteiger charge is 2.31. The minimum Gasteiger partial charge on any atom is -0.333 e. The van der Waals surface area contributed by atoms with Crippen molar-refractivity contribution >= 4 is 52.2 Å². The van der Waals surface area contributed by atoms with Crippen molar-refractivity contribution in [3.05, 3.63) is 80.8 Å². The number of carbonyl (C=O) groups excluding carboxylic acids is 1. The van der Waals surface area contributed by atoms with Crippen molar-refractivity contribution in [2.24, 2.45) is 5.11 Å². The average molecular weight is 572 g/mol. The van der Waals surface area contributed by atoms with E-state index in [9.17, 15) is 4.79 Å². The summed E-state index contributed by atoms with van der Waals surface area (Å²) in [4.78, 5) is 17.3. The summed E-state index contributed by atoms with van der Waals surface area (Å²) in [5.74, 6) is 0. The van der Waals surface area contributed by atoms with Crippen molar-refractivity contribution in [2.45, 2.75) is 32.0 Å². The van der Waals surface area contributed by atoms with Crippen LogP contribution in [0.4, 0.5) is 16.2 Å². The van der Waals surface area contributed by atoms with Crippen LogP contribution in [0.15, 0.2) is 59.7 Å². The number of likely N-dealkylation sites (tertiary alicyclic amines) is 1. The lowest BCUT2D eigenvalue weighted by molar-refractivity contribution is 0.191. The smallest absolute Gasteiger partial charge is 0.326 e. The monoisotopic (exact) mass is 570 g/mol. The number of benzene rings is 3. The van der Waals surface area contributed by atoms with Crippen LogP contribution in [0.3, 0.4) is 0 Å². The van der Waals surface area contributed by atoms with Gasteiger partial charge in [0.15, 0.2) is 0 Å². The van der Waals surface area contributed by atoms with E-state index in [1.165, 1.54) is 0 Å². The molecule has 3 aromatic rings. The lowest BCUT2D eigenvalue weighted by Gasteiger charge is -2.35. The third-order valence-corrected chi connectivity index (χ3v) is 8.06. The quantitative estimate of drug-likeness (QED) is 0.196. The molecule has 38 heavy (non-hydrogen) atoms. The van der Waals surface area contributed by atoms with E-state index in [-0.39, 0.29) is 6.03 Å². The van der Waals surface area contributed by atoms with Gasteiger partial charge in [0, 0.05) is 41.8 Å². The van der Waals surface area contributed by atoms with E-state index in [4.69, 9.17) is 40.3 Å². The fraction of sp³-hybridized carbons (Fsp3) is 0.321. The number of nitrogens with one attached hydrogen (secondary N) is 3. The van der Waals surface area contributed by atoms with Gasteiger partial charge < -0.3 is 10.6 Å². The zero-order chi connectivity index (χ0) is 26.6. The highest BCUT2D eigenvalue weighted by Crippen LogP contribution is 2.44. The van der Waals surface area contributed by atoms with Gasteiger partial charge in [-0.1, -0.05) is 59.1 Å². The minimum absolute atomic E-state index is 0.277. The van der Waals surface area contributed by atoms with Crippen LogP contribution in [0, 0.1) is 5.53 Å². The highest BCUT2D eigenvalue weighted by molar-refractivity contribution is 6.40. The molecule has 7 nitrogen and oxygen atoms in total. The molecular weight excluding hydrogens is 543 g/mol. The summed E-state index contributed by atoms with van der Waals surface area (Å²) in [6.07, 6.45) is 2.06. The number of anilines is 2. The number of hydrogen-bond donors (Lipinski definition) is 3. The molecule has 0 radical (unpaired) electrons. The van der Waals surface area contributed by atoms with Crippen LogP contribution >= 0.6 is 34.8 Å². The number of urea groups is 1. The number of para-hydroxylation sites is 1. The number of nitrogens with zero attached hydrogens (tertiary/aromatic N) is 3. The summed E-state index contributed by atoms with van der Waals surface area (Å²) >= 11 is 19.8. The molecule has 1 fully saturated rings. The molecular formula is C28H29Cl3N6O. The topological polar surface area (TPSA) is 83.8 Å². The molecule has 2 heterocycles. The molecule has 0 aliphatic carbocycles. The first-order valence-electron chi connectivity index (χ1n) is 12.7. The van der Waals surface area contributed by atoms with E-state index in [0.717, 1.165) is 67.0 Å². The predicted octanol–water partition coefficient (Wildman–Crippen LogP) is 7.26. The molecule has 2 aliphatic heterocycles. The predicted molar refractivity (Wildman–Crippen MR) is 154 cm³/mol. The number of carbonyl (C=O) groups is 1. The minimum atomic E-state index is -0.277. The first-order chi connectivity index (χ1) is 18.5. The molecule has 5 rings (SSSR count). The van der Waals surface area contributed by atoms with Gasteiger partial charge in [-0.3, -0.25) is 9.80 Å². The molecule has 0 unspecified atom stereocenters. The van der Waals surface area contributed by atoms with Gasteiger partial charge >= 0.3 is 6.03 Å². The normalized spacial score (nSPS) is 16.3. The van der Waals surface area contributed by atoms with Crippen molar-refractivity contribution in [1.82, 2.24) is 15.5 Å². The summed E-state index contributed by atoms with van der Waals surface area (Å²) in [5.41, 5.74) is 12.1. The number of halogens is 3. The summed E-state index contributed by atoms with van der Waals surface area (Å²) in [7, 11) is 0.